The number of hydrogen-bond acceptors (Lipinski definition) is 5. The second kappa shape index (κ2) is 7.38. The summed E-state index contributed by atoms with van der Waals surface area (Å²) >= 11 is 0. The van der Waals surface area contributed by atoms with Gasteiger partial charge in [0.2, 0.25) is 5.95 Å². The van der Waals surface area contributed by atoms with Gasteiger partial charge in [-0.25, -0.2) is 14.1 Å². The molecule has 4 aromatic rings. The molecule has 0 radical (unpaired) electrons. The number of anilines is 2. The van der Waals surface area contributed by atoms with Crippen LogP contribution in [0.15, 0.2) is 48.9 Å². The fourth-order valence-electron chi connectivity index (χ4n) is 3.06. The van der Waals surface area contributed by atoms with E-state index in [0.29, 0.717) is 28.8 Å². The van der Waals surface area contributed by atoms with Crippen molar-refractivity contribution in [3.05, 3.63) is 66.0 Å². The molecule has 0 fully saturated rings. The first kappa shape index (κ1) is 18.7. The van der Waals surface area contributed by atoms with E-state index in [4.69, 9.17) is 4.74 Å². The lowest BCUT2D eigenvalue weighted by Crippen LogP contribution is -2.02. The number of imidazole rings is 1. The predicted molar refractivity (Wildman–Crippen MR) is 109 cm³/mol. The first-order chi connectivity index (χ1) is 14.0. The quantitative estimate of drug-likeness (QED) is 0.552. The lowest BCUT2D eigenvalue weighted by atomic mass is 10.1. The highest BCUT2D eigenvalue weighted by Gasteiger charge is 2.14. The molecule has 0 bridgehead atoms. The van der Waals surface area contributed by atoms with Crippen molar-refractivity contribution < 1.29 is 9.13 Å². The molecule has 29 heavy (non-hydrogen) atoms. The van der Waals surface area contributed by atoms with E-state index >= 15 is 0 Å². The fraction of sp³-hybridized carbons (Fsp3) is 0.190. The van der Waals surface area contributed by atoms with Gasteiger partial charge in [-0.15, -0.1) is 5.10 Å². The molecule has 2 aromatic carbocycles. The highest BCUT2D eigenvalue weighted by Crippen LogP contribution is 2.30. The van der Waals surface area contributed by atoms with Crippen LogP contribution in [0.1, 0.15) is 11.3 Å². The summed E-state index contributed by atoms with van der Waals surface area (Å²) in [6.07, 6.45) is 3.68. The van der Waals surface area contributed by atoms with E-state index in [9.17, 15) is 4.39 Å². The molecule has 148 valence electrons. The number of benzene rings is 2. The first-order valence-electron chi connectivity index (χ1n) is 9.09. The van der Waals surface area contributed by atoms with Crippen LogP contribution in [0, 0.1) is 19.7 Å². The third-order valence-electron chi connectivity index (χ3n) is 4.70. The van der Waals surface area contributed by atoms with Gasteiger partial charge < -0.3 is 14.6 Å². The smallest absolute Gasteiger partial charge is 0.225 e. The summed E-state index contributed by atoms with van der Waals surface area (Å²) < 4.78 is 22.9. The molecular weight excluding hydrogens is 371 g/mol. The van der Waals surface area contributed by atoms with Crippen LogP contribution in [0.2, 0.25) is 0 Å². The molecule has 0 saturated heterocycles. The van der Waals surface area contributed by atoms with Crippen molar-refractivity contribution in [1.29, 1.82) is 0 Å². The Morgan fingerprint density at radius 3 is 2.69 bits per heavy atom. The summed E-state index contributed by atoms with van der Waals surface area (Å²) in [6, 6.07) is 10.6. The van der Waals surface area contributed by atoms with Gasteiger partial charge in [0, 0.05) is 30.1 Å². The second-order valence-corrected chi connectivity index (χ2v) is 6.73. The molecule has 0 aliphatic rings. The SMILES string of the molecule is COc1cc(-c2nc(Nc3cccc(F)c3C)n(C)n2)ccc1-n1cnc(C)c1. The van der Waals surface area contributed by atoms with Crippen molar-refractivity contribution in [1.82, 2.24) is 24.3 Å². The summed E-state index contributed by atoms with van der Waals surface area (Å²) in [7, 11) is 3.41. The van der Waals surface area contributed by atoms with Crippen molar-refractivity contribution in [2.75, 3.05) is 12.4 Å². The van der Waals surface area contributed by atoms with Gasteiger partial charge in [0.05, 0.1) is 24.8 Å². The largest absolute Gasteiger partial charge is 0.495 e. The molecule has 0 atom stereocenters. The Morgan fingerprint density at radius 1 is 1.14 bits per heavy atom. The summed E-state index contributed by atoms with van der Waals surface area (Å²) in [5.74, 6) is 1.47. The van der Waals surface area contributed by atoms with Gasteiger partial charge in [-0.1, -0.05) is 6.07 Å². The van der Waals surface area contributed by atoms with Crippen LogP contribution in [0.4, 0.5) is 16.0 Å². The Morgan fingerprint density at radius 2 is 1.97 bits per heavy atom. The standard InChI is InChI=1S/C21H21FN6O/c1-13-11-28(12-23-13)18-9-8-15(10-19(18)29-4)20-25-21(27(3)26-20)24-17-7-5-6-16(22)14(17)2/h5-12H,1-4H3,(H,24,25,26). The lowest BCUT2D eigenvalue weighted by Gasteiger charge is -2.10. The fourth-order valence-corrected chi connectivity index (χ4v) is 3.06. The van der Waals surface area contributed by atoms with E-state index in [1.165, 1.54) is 6.07 Å². The van der Waals surface area contributed by atoms with Crippen LogP contribution >= 0.6 is 0 Å². The number of hydrogen-bond donors (Lipinski definition) is 1. The van der Waals surface area contributed by atoms with E-state index in [-0.39, 0.29) is 5.82 Å². The van der Waals surface area contributed by atoms with Crippen LogP contribution in [-0.4, -0.2) is 31.4 Å². The lowest BCUT2D eigenvalue weighted by molar-refractivity contribution is 0.413. The number of nitrogens with one attached hydrogen (secondary N) is 1. The summed E-state index contributed by atoms with van der Waals surface area (Å²) in [5.41, 5.74) is 3.78. The molecule has 0 saturated carbocycles. The number of aryl methyl sites for hydroxylation is 2. The zero-order chi connectivity index (χ0) is 20.5. The molecule has 1 N–H and O–H groups in total. The third kappa shape index (κ3) is 3.56. The van der Waals surface area contributed by atoms with Crippen LogP contribution in [0.25, 0.3) is 17.1 Å². The molecule has 8 heteroatoms. The molecule has 0 aliphatic carbocycles. The predicted octanol–water partition coefficient (Wildman–Crippen LogP) is 4.18. The minimum absolute atomic E-state index is 0.271. The van der Waals surface area contributed by atoms with Crippen LogP contribution in [0.3, 0.4) is 0 Å². The van der Waals surface area contributed by atoms with Crippen LogP contribution < -0.4 is 10.1 Å². The average molecular weight is 392 g/mol. The zero-order valence-corrected chi connectivity index (χ0v) is 16.6. The maximum Gasteiger partial charge on any atom is 0.225 e. The van der Waals surface area contributed by atoms with Gasteiger partial charge in [-0.2, -0.15) is 4.98 Å². The van der Waals surface area contributed by atoms with Gasteiger partial charge in [0.25, 0.3) is 0 Å². The number of halogens is 1. The number of rotatable bonds is 5. The minimum atomic E-state index is -0.271. The first-order valence-corrected chi connectivity index (χ1v) is 9.09. The minimum Gasteiger partial charge on any atom is -0.495 e. The molecule has 7 nitrogen and oxygen atoms in total. The summed E-state index contributed by atoms with van der Waals surface area (Å²) in [6.45, 7) is 3.65. The number of nitrogens with zero attached hydrogens (tertiary/aromatic N) is 5. The molecule has 4 rings (SSSR count). The molecule has 0 spiro atoms. The van der Waals surface area contributed by atoms with E-state index in [1.807, 2.05) is 35.9 Å². The Labute approximate surface area is 167 Å². The second-order valence-electron chi connectivity index (χ2n) is 6.73. The number of ether oxygens (including phenoxy) is 1. The van der Waals surface area contributed by atoms with Gasteiger partial charge in [-0.3, -0.25) is 0 Å². The normalized spacial score (nSPS) is 10.9. The Balaban J connectivity index is 1.67. The monoisotopic (exact) mass is 392 g/mol. The van der Waals surface area contributed by atoms with E-state index in [1.54, 1.807) is 44.2 Å². The van der Waals surface area contributed by atoms with Crippen molar-refractivity contribution in [2.24, 2.45) is 7.05 Å². The van der Waals surface area contributed by atoms with Crippen LogP contribution in [-0.2, 0) is 7.05 Å². The van der Waals surface area contributed by atoms with Crippen molar-refractivity contribution in [3.63, 3.8) is 0 Å². The molecule has 2 heterocycles. The Kier molecular flexibility index (Phi) is 4.75. The van der Waals surface area contributed by atoms with Gasteiger partial charge in [-0.05, 0) is 44.2 Å². The van der Waals surface area contributed by atoms with Gasteiger partial charge in [0.15, 0.2) is 5.82 Å². The highest BCUT2D eigenvalue weighted by molar-refractivity contribution is 5.65. The van der Waals surface area contributed by atoms with Gasteiger partial charge >= 0.3 is 0 Å². The Hall–Kier alpha value is -3.68. The number of methoxy groups -OCH3 is 1. The average Bonchev–Trinajstić information content (AvgIpc) is 3.31. The summed E-state index contributed by atoms with van der Waals surface area (Å²) in [5, 5.41) is 7.63. The molecular formula is C21H21FN6O. The zero-order valence-electron chi connectivity index (χ0n) is 16.6. The molecule has 2 aromatic heterocycles. The summed E-state index contributed by atoms with van der Waals surface area (Å²) in [4.78, 5) is 8.83. The van der Waals surface area contributed by atoms with Crippen molar-refractivity contribution >= 4 is 11.6 Å². The molecule has 0 amide bonds. The van der Waals surface area contributed by atoms with E-state index in [0.717, 1.165) is 16.9 Å². The highest BCUT2D eigenvalue weighted by atomic mass is 19.1. The van der Waals surface area contributed by atoms with Crippen molar-refractivity contribution in [2.45, 2.75) is 13.8 Å². The van der Waals surface area contributed by atoms with E-state index in [2.05, 4.69) is 20.4 Å². The van der Waals surface area contributed by atoms with Crippen molar-refractivity contribution in [3.8, 4) is 22.8 Å². The Bertz CT molecular complexity index is 1180. The van der Waals surface area contributed by atoms with Crippen LogP contribution in [0.5, 0.6) is 5.75 Å². The maximum absolute atomic E-state index is 13.8. The van der Waals surface area contributed by atoms with Gasteiger partial charge in [0.1, 0.15) is 11.6 Å². The van der Waals surface area contributed by atoms with E-state index < -0.39 is 0 Å². The number of aromatic nitrogens is 5. The molecule has 0 aliphatic heterocycles. The third-order valence-corrected chi connectivity index (χ3v) is 4.70. The maximum atomic E-state index is 13.8. The molecule has 0 unspecified atom stereocenters. The topological polar surface area (TPSA) is 69.8 Å².